The van der Waals surface area contributed by atoms with Crippen LogP contribution < -0.4 is 5.32 Å². The molecule has 1 saturated carbocycles. The van der Waals surface area contributed by atoms with Crippen LogP contribution in [0.25, 0.3) is 0 Å². The first kappa shape index (κ1) is 17.5. The van der Waals surface area contributed by atoms with Crippen LogP contribution in [0.5, 0.6) is 0 Å². The SMILES string of the molecule is COCCC1(C(=O)Nc2nnn(Cc3ccccc3F)c2C)CCC1. The van der Waals surface area contributed by atoms with Crippen LogP contribution in [0.3, 0.4) is 0 Å². The third kappa shape index (κ3) is 3.56. The molecule has 0 unspecified atom stereocenters. The summed E-state index contributed by atoms with van der Waals surface area (Å²) in [6.07, 6.45) is 3.49. The molecular formula is C18H23FN4O2. The van der Waals surface area contributed by atoms with Gasteiger partial charge in [0, 0.05) is 19.3 Å². The Balaban J connectivity index is 1.71. The zero-order chi connectivity index (χ0) is 17.9. The van der Waals surface area contributed by atoms with Gasteiger partial charge in [0.1, 0.15) is 5.82 Å². The van der Waals surface area contributed by atoms with Gasteiger partial charge in [0.2, 0.25) is 5.91 Å². The second-order valence-corrected chi connectivity index (χ2v) is 6.60. The molecule has 7 heteroatoms. The lowest BCUT2D eigenvalue weighted by Gasteiger charge is -2.39. The van der Waals surface area contributed by atoms with Crippen LogP contribution in [0.15, 0.2) is 24.3 Å². The molecule has 2 aromatic rings. The first-order chi connectivity index (χ1) is 12.1. The van der Waals surface area contributed by atoms with Gasteiger partial charge in [0.25, 0.3) is 0 Å². The maximum atomic E-state index is 13.8. The van der Waals surface area contributed by atoms with Crippen LogP contribution >= 0.6 is 0 Å². The number of aromatic nitrogens is 3. The Morgan fingerprint density at radius 1 is 1.40 bits per heavy atom. The minimum atomic E-state index is -0.363. The number of amides is 1. The Hall–Kier alpha value is -2.28. The molecule has 0 radical (unpaired) electrons. The molecule has 3 rings (SSSR count). The van der Waals surface area contributed by atoms with Crippen molar-refractivity contribution in [3.05, 3.63) is 41.3 Å². The molecule has 0 atom stereocenters. The van der Waals surface area contributed by atoms with Crippen molar-refractivity contribution in [3.8, 4) is 0 Å². The van der Waals surface area contributed by atoms with Crippen molar-refractivity contribution in [1.82, 2.24) is 15.0 Å². The zero-order valence-electron chi connectivity index (χ0n) is 14.6. The van der Waals surface area contributed by atoms with Crippen LogP contribution in [0.1, 0.15) is 36.9 Å². The van der Waals surface area contributed by atoms with Gasteiger partial charge in [-0.3, -0.25) is 4.79 Å². The minimum absolute atomic E-state index is 0.0307. The van der Waals surface area contributed by atoms with E-state index >= 15 is 0 Å². The van der Waals surface area contributed by atoms with Gasteiger partial charge in [0.15, 0.2) is 5.82 Å². The van der Waals surface area contributed by atoms with E-state index < -0.39 is 0 Å². The van der Waals surface area contributed by atoms with Gasteiger partial charge in [-0.05, 0) is 32.3 Å². The smallest absolute Gasteiger partial charge is 0.231 e. The summed E-state index contributed by atoms with van der Waals surface area (Å²) in [7, 11) is 1.64. The molecule has 25 heavy (non-hydrogen) atoms. The van der Waals surface area contributed by atoms with Gasteiger partial charge >= 0.3 is 0 Å². The number of methoxy groups -OCH3 is 1. The number of hydrogen-bond donors (Lipinski definition) is 1. The molecular weight excluding hydrogens is 323 g/mol. The molecule has 1 aliphatic carbocycles. The van der Waals surface area contributed by atoms with E-state index in [2.05, 4.69) is 15.6 Å². The number of rotatable bonds is 7. The average molecular weight is 346 g/mol. The van der Waals surface area contributed by atoms with Gasteiger partial charge in [-0.15, -0.1) is 5.10 Å². The first-order valence-corrected chi connectivity index (χ1v) is 8.50. The Morgan fingerprint density at radius 3 is 2.80 bits per heavy atom. The molecule has 1 aliphatic rings. The monoisotopic (exact) mass is 346 g/mol. The molecule has 1 aromatic carbocycles. The van der Waals surface area contributed by atoms with Crippen molar-refractivity contribution >= 4 is 11.7 Å². The summed E-state index contributed by atoms with van der Waals surface area (Å²) in [6, 6.07) is 6.56. The largest absolute Gasteiger partial charge is 0.385 e. The first-order valence-electron chi connectivity index (χ1n) is 8.50. The van der Waals surface area contributed by atoms with E-state index in [1.807, 2.05) is 6.92 Å². The molecule has 134 valence electrons. The Kier molecular flexibility index (Phi) is 5.13. The van der Waals surface area contributed by atoms with Gasteiger partial charge in [-0.25, -0.2) is 9.07 Å². The number of anilines is 1. The van der Waals surface area contributed by atoms with Crippen molar-refractivity contribution < 1.29 is 13.9 Å². The molecule has 0 bridgehead atoms. The predicted molar refractivity (Wildman–Crippen MR) is 91.7 cm³/mol. The predicted octanol–water partition coefficient (Wildman–Crippen LogP) is 2.92. The standard InChI is InChI=1S/C18H23FN4O2/c1-13-16(20-17(24)18(8-5-9-18)10-11-25-2)21-22-23(13)12-14-6-3-4-7-15(14)19/h3-4,6-7H,5,8-12H2,1-2H3,(H,20,24). The Bertz CT molecular complexity index is 755. The number of ether oxygens (including phenoxy) is 1. The highest BCUT2D eigenvalue weighted by molar-refractivity contribution is 5.95. The highest BCUT2D eigenvalue weighted by Gasteiger charge is 2.44. The summed E-state index contributed by atoms with van der Waals surface area (Å²) >= 11 is 0. The van der Waals surface area contributed by atoms with Crippen LogP contribution in [-0.4, -0.2) is 34.6 Å². The number of carbonyl (C=O) groups excluding carboxylic acids is 1. The van der Waals surface area contributed by atoms with Gasteiger partial charge in [0.05, 0.1) is 17.7 Å². The Labute approximate surface area is 146 Å². The van der Waals surface area contributed by atoms with Crippen molar-refractivity contribution in [1.29, 1.82) is 0 Å². The van der Waals surface area contributed by atoms with E-state index in [4.69, 9.17) is 4.74 Å². The lowest BCUT2D eigenvalue weighted by molar-refractivity contribution is -0.131. The number of halogens is 1. The summed E-state index contributed by atoms with van der Waals surface area (Å²) < 4.78 is 20.5. The number of benzene rings is 1. The third-order valence-electron chi connectivity index (χ3n) is 5.07. The maximum absolute atomic E-state index is 13.8. The van der Waals surface area contributed by atoms with E-state index in [0.29, 0.717) is 30.1 Å². The summed E-state index contributed by atoms with van der Waals surface area (Å²) in [4.78, 5) is 12.7. The second-order valence-electron chi connectivity index (χ2n) is 6.60. The van der Waals surface area contributed by atoms with Crippen molar-refractivity contribution in [2.24, 2.45) is 5.41 Å². The molecule has 1 amide bonds. The van der Waals surface area contributed by atoms with Crippen LogP contribution in [0, 0.1) is 18.2 Å². The average Bonchev–Trinajstić information content (AvgIpc) is 2.89. The minimum Gasteiger partial charge on any atom is -0.385 e. The van der Waals surface area contributed by atoms with Gasteiger partial charge in [-0.2, -0.15) is 0 Å². The number of nitrogens with one attached hydrogen (secondary N) is 1. The highest BCUT2D eigenvalue weighted by atomic mass is 19.1. The van der Waals surface area contributed by atoms with Crippen molar-refractivity contribution in [2.45, 2.75) is 39.2 Å². The molecule has 0 aliphatic heterocycles. The quantitative estimate of drug-likeness (QED) is 0.837. The van der Waals surface area contributed by atoms with E-state index in [9.17, 15) is 9.18 Å². The summed E-state index contributed by atoms with van der Waals surface area (Å²) in [5.41, 5.74) is 0.874. The van der Waals surface area contributed by atoms with Crippen molar-refractivity contribution in [3.63, 3.8) is 0 Å². The summed E-state index contributed by atoms with van der Waals surface area (Å²) in [5.74, 6) is 0.123. The third-order valence-corrected chi connectivity index (χ3v) is 5.07. The fourth-order valence-electron chi connectivity index (χ4n) is 3.15. The molecule has 1 N–H and O–H groups in total. The van der Waals surface area contributed by atoms with E-state index in [-0.39, 0.29) is 23.7 Å². The fourth-order valence-corrected chi connectivity index (χ4v) is 3.15. The second kappa shape index (κ2) is 7.31. The summed E-state index contributed by atoms with van der Waals surface area (Å²) in [6.45, 7) is 2.65. The molecule has 1 aromatic heterocycles. The van der Waals surface area contributed by atoms with Crippen molar-refractivity contribution in [2.75, 3.05) is 19.0 Å². The lowest BCUT2D eigenvalue weighted by atomic mass is 9.66. The molecule has 0 saturated heterocycles. The molecule has 1 heterocycles. The van der Waals surface area contributed by atoms with E-state index in [1.54, 1.807) is 30.0 Å². The number of nitrogens with zero attached hydrogens (tertiary/aromatic N) is 3. The van der Waals surface area contributed by atoms with E-state index in [0.717, 1.165) is 19.3 Å². The van der Waals surface area contributed by atoms with Crippen LogP contribution in [0.4, 0.5) is 10.2 Å². The fraction of sp³-hybridized carbons (Fsp3) is 0.500. The number of carbonyl (C=O) groups is 1. The van der Waals surface area contributed by atoms with E-state index in [1.165, 1.54) is 6.07 Å². The normalized spacial score (nSPS) is 15.6. The van der Waals surface area contributed by atoms with Crippen LogP contribution in [-0.2, 0) is 16.1 Å². The summed E-state index contributed by atoms with van der Waals surface area (Å²) in [5, 5.41) is 11.0. The molecule has 6 nitrogen and oxygen atoms in total. The molecule has 0 spiro atoms. The lowest BCUT2D eigenvalue weighted by Crippen LogP contribution is -2.43. The highest BCUT2D eigenvalue weighted by Crippen LogP contribution is 2.44. The molecule has 1 fully saturated rings. The van der Waals surface area contributed by atoms with Gasteiger partial charge in [-0.1, -0.05) is 29.8 Å². The van der Waals surface area contributed by atoms with Crippen LogP contribution in [0.2, 0.25) is 0 Å². The Morgan fingerprint density at radius 2 is 2.16 bits per heavy atom. The van der Waals surface area contributed by atoms with Gasteiger partial charge < -0.3 is 10.1 Å². The number of hydrogen-bond acceptors (Lipinski definition) is 4. The topological polar surface area (TPSA) is 69.0 Å². The maximum Gasteiger partial charge on any atom is 0.231 e. The zero-order valence-corrected chi connectivity index (χ0v) is 14.6.